The highest BCUT2D eigenvalue weighted by Gasteiger charge is 2.15. The summed E-state index contributed by atoms with van der Waals surface area (Å²) >= 11 is 0. The van der Waals surface area contributed by atoms with E-state index in [1.165, 1.54) is 0 Å². The van der Waals surface area contributed by atoms with E-state index >= 15 is 0 Å². The van der Waals surface area contributed by atoms with Crippen molar-refractivity contribution in [1.29, 1.82) is 0 Å². The molecule has 0 saturated heterocycles. The quantitative estimate of drug-likeness (QED) is 0.761. The van der Waals surface area contributed by atoms with Gasteiger partial charge in [-0.2, -0.15) is 10.2 Å². The molecule has 0 saturated carbocycles. The van der Waals surface area contributed by atoms with Crippen LogP contribution in [0.15, 0.2) is 18.3 Å². The monoisotopic (exact) mass is 274 g/mol. The van der Waals surface area contributed by atoms with Crippen LogP contribution in [0.25, 0.3) is 0 Å². The Morgan fingerprint density at radius 1 is 1.30 bits per heavy atom. The maximum absolute atomic E-state index is 12.3. The molecule has 2 aromatic heterocycles. The van der Waals surface area contributed by atoms with E-state index in [0.29, 0.717) is 18.2 Å². The van der Waals surface area contributed by atoms with Gasteiger partial charge in [0.15, 0.2) is 5.78 Å². The van der Waals surface area contributed by atoms with Crippen molar-refractivity contribution < 1.29 is 4.79 Å². The summed E-state index contributed by atoms with van der Waals surface area (Å²) in [6.07, 6.45) is 4.39. The fraction of sp³-hybridized carbons (Fsp3) is 0.533. The van der Waals surface area contributed by atoms with Crippen molar-refractivity contribution in [3.05, 3.63) is 35.4 Å². The molecule has 0 amide bonds. The van der Waals surface area contributed by atoms with Crippen molar-refractivity contribution in [2.24, 2.45) is 7.05 Å². The fourth-order valence-corrected chi connectivity index (χ4v) is 2.46. The number of hydrogen-bond donors (Lipinski definition) is 0. The lowest BCUT2D eigenvalue weighted by Gasteiger charge is -2.12. The van der Waals surface area contributed by atoms with Gasteiger partial charge in [0, 0.05) is 13.2 Å². The van der Waals surface area contributed by atoms with Crippen molar-refractivity contribution in [3.63, 3.8) is 0 Å². The average Bonchev–Trinajstić information content (AvgIpc) is 2.98. The molecule has 0 aliphatic carbocycles. The summed E-state index contributed by atoms with van der Waals surface area (Å²) in [5.74, 6) is 0.0582. The Morgan fingerprint density at radius 2 is 2.00 bits per heavy atom. The molecule has 2 rings (SSSR count). The van der Waals surface area contributed by atoms with E-state index < -0.39 is 0 Å². The van der Waals surface area contributed by atoms with Gasteiger partial charge in [0.1, 0.15) is 5.69 Å². The first kappa shape index (κ1) is 14.5. The van der Waals surface area contributed by atoms with Gasteiger partial charge in [-0.25, -0.2) is 0 Å². The molecular formula is C15H22N4O. The summed E-state index contributed by atoms with van der Waals surface area (Å²) in [5.41, 5.74) is 2.32. The Balaban J connectivity index is 2.11. The number of carbonyl (C=O) groups is 1. The number of carbonyl (C=O) groups excluding carboxylic acids is 1. The predicted molar refractivity (Wildman–Crippen MR) is 77.8 cm³/mol. The van der Waals surface area contributed by atoms with Crippen LogP contribution in [0.2, 0.25) is 0 Å². The van der Waals surface area contributed by atoms with Gasteiger partial charge in [0.25, 0.3) is 0 Å². The zero-order valence-electron chi connectivity index (χ0n) is 12.6. The molecule has 5 heteroatoms. The van der Waals surface area contributed by atoms with Crippen LogP contribution in [0.1, 0.15) is 54.6 Å². The highest BCUT2D eigenvalue weighted by molar-refractivity contribution is 5.95. The molecule has 0 radical (unpaired) electrons. The molecule has 0 aliphatic heterocycles. The molecule has 0 unspecified atom stereocenters. The summed E-state index contributed by atoms with van der Waals surface area (Å²) in [5, 5.41) is 8.72. The van der Waals surface area contributed by atoms with E-state index in [2.05, 4.69) is 24.0 Å². The van der Waals surface area contributed by atoms with Crippen molar-refractivity contribution >= 4 is 5.78 Å². The number of aromatic nitrogens is 4. The lowest BCUT2D eigenvalue weighted by atomic mass is 10.1. The normalized spacial score (nSPS) is 11.2. The highest BCUT2D eigenvalue weighted by atomic mass is 16.1. The second-order valence-electron chi connectivity index (χ2n) is 5.15. The lowest BCUT2D eigenvalue weighted by molar-refractivity contribution is 0.0982. The number of aryl methyl sites for hydroxylation is 2. The van der Waals surface area contributed by atoms with Crippen molar-refractivity contribution in [2.45, 2.75) is 46.1 Å². The van der Waals surface area contributed by atoms with Crippen LogP contribution in [0.3, 0.4) is 0 Å². The van der Waals surface area contributed by atoms with Gasteiger partial charge in [-0.1, -0.05) is 13.8 Å². The van der Waals surface area contributed by atoms with E-state index in [-0.39, 0.29) is 5.78 Å². The number of nitrogens with zero attached hydrogens (tertiary/aromatic N) is 4. The molecule has 0 aromatic carbocycles. The number of rotatable bonds is 6. The van der Waals surface area contributed by atoms with Crippen molar-refractivity contribution in [2.75, 3.05) is 0 Å². The third-order valence-corrected chi connectivity index (χ3v) is 3.61. The van der Waals surface area contributed by atoms with Crippen LogP contribution < -0.4 is 0 Å². The largest absolute Gasteiger partial charge is 0.292 e. The van der Waals surface area contributed by atoms with Crippen molar-refractivity contribution in [3.8, 4) is 0 Å². The predicted octanol–water partition coefficient (Wildman–Crippen LogP) is 2.71. The first-order valence-corrected chi connectivity index (χ1v) is 7.13. The molecule has 0 aliphatic rings. The van der Waals surface area contributed by atoms with Gasteiger partial charge in [-0.05, 0) is 31.9 Å². The van der Waals surface area contributed by atoms with Gasteiger partial charge in [-0.3, -0.25) is 14.2 Å². The van der Waals surface area contributed by atoms with Gasteiger partial charge in [-0.15, -0.1) is 0 Å². The average molecular weight is 274 g/mol. The molecular weight excluding hydrogens is 252 g/mol. The Kier molecular flexibility index (Phi) is 4.37. The Morgan fingerprint density at radius 3 is 2.55 bits per heavy atom. The van der Waals surface area contributed by atoms with Crippen LogP contribution >= 0.6 is 0 Å². The summed E-state index contributed by atoms with van der Waals surface area (Å²) in [6.45, 7) is 6.19. The van der Waals surface area contributed by atoms with Crippen LogP contribution in [0.4, 0.5) is 0 Å². The zero-order chi connectivity index (χ0) is 14.7. The topological polar surface area (TPSA) is 52.7 Å². The SMILES string of the molecule is CCC(CC)n1ccc(CC(=O)c2cc(C)nn2C)n1. The van der Waals surface area contributed by atoms with Crippen LogP contribution in [-0.2, 0) is 13.5 Å². The van der Waals surface area contributed by atoms with Gasteiger partial charge in [0.05, 0.1) is 23.9 Å². The molecule has 0 spiro atoms. The minimum absolute atomic E-state index is 0.0582. The third-order valence-electron chi connectivity index (χ3n) is 3.61. The van der Waals surface area contributed by atoms with E-state index in [4.69, 9.17) is 0 Å². The van der Waals surface area contributed by atoms with Crippen LogP contribution in [0, 0.1) is 6.92 Å². The Labute approximate surface area is 119 Å². The van der Waals surface area contributed by atoms with E-state index in [0.717, 1.165) is 24.2 Å². The summed E-state index contributed by atoms with van der Waals surface area (Å²) in [4.78, 5) is 12.3. The Hall–Kier alpha value is -1.91. The minimum Gasteiger partial charge on any atom is -0.292 e. The molecule has 0 bridgehead atoms. The standard InChI is InChI=1S/C15H22N4O/c1-5-13(6-2)19-8-7-12(17-19)10-15(20)14-9-11(3)16-18(14)4/h7-9,13H,5-6,10H2,1-4H3. The highest BCUT2D eigenvalue weighted by Crippen LogP contribution is 2.15. The lowest BCUT2D eigenvalue weighted by Crippen LogP contribution is -2.11. The maximum atomic E-state index is 12.3. The first-order chi connectivity index (χ1) is 9.55. The molecule has 0 fully saturated rings. The first-order valence-electron chi connectivity index (χ1n) is 7.13. The third kappa shape index (κ3) is 2.98. The number of ketones is 1. The van der Waals surface area contributed by atoms with Gasteiger partial charge < -0.3 is 0 Å². The molecule has 2 aromatic rings. The molecule has 5 nitrogen and oxygen atoms in total. The second kappa shape index (κ2) is 6.03. The van der Waals surface area contributed by atoms with E-state index in [1.54, 1.807) is 11.7 Å². The fourth-order valence-electron chi connectivity index (χ4n) is 2.46. The van der Waals surface area contributed by atoms with Crippen molar-refractivity contribution in [1.82, 2.24) is 19.6 Å². The summed E-state index contributed by atoms with van der Waals surface area (Å²) < 4.78 is 3.60. The van der Waals surface area contributed by atoms with Gasteiger partial charge >= 0.3 is 0 Å². The number of hydrogen-bond acceptors (Lipinski definition) is 3. The summed E-state index contributed by atoms with van der Waals surface area (Å²) in [6, 6.07) is 4.16. The Bertz CT molecular complexity index is 593. The molecule has 0 atom stereocenters. The van der Waals surface area contributed by atoms with E-state index in [9.17, 15) is 4.79 Å². The molecule has 108 valence electrons. The molecule has 2 heterocycles. The zero-order valence-corrected chi connectivity index (χ0v) is 12.6. The van der Waals surface area contributed by atoms with Crippen LogP contribution in [-0.4, -0.2) is 25.3 Å². The smallest absolute Gasteiger partial charge is 0.186 e. The summed E-state index contributed by atoms with van der Waals surface area (Å²) in [7, 11) is 1.79. The molecule has 0 N–H and O–H groups in total. The molecule has 20 heavy (non-hydrogen) atoms. The number of Topliss-reactive ketones (excluding diaryl/α,β-unsaturated/α-hetero) is 1. The van der Waals surface area contributed by atoms with Crippen LogP contribution in [0.5, 0.6) is 0 Å². The van der Waals surface area contributed by atoms with E-state index in [1.807, 2.05) is 29.9 Å². The second-order valence-corrected chi connectivity index (χ2v) is 5.15. The minimum atomic E-state index is 0.0582. The maximum Gasteiger partial charge on any atom is 0.186 e. The van der Waals surface area contributed by atoms with Gasteiger partial charge in [0.2, 0.25) is 0 Å².